The molecule has 2 rings (SSSR count). The summed E-state index contributed by atoms with van der Waals surface area (Å²) in [7, 11) is 0. The predicted octanol–water partition coefficient (Wildman–Crippen LogP) is 3.59. The molecule has 5 heteroatoms. The van der Waals surface area contributed by atoms with E-state index in [1.54, 1.807) is 24.0 Å². The number of hydrogen-bond acceptors (Lipinski definition) is 3. The Bertz CT molecular complexity index is 568. The van der Waals surface area contributed by atoms with Gasteiger partial charge in [0.05, 0.1) is 6.61 Å². The average molecular weight is 336 g/mol. The van der Waals surface area contributed by atoms with Crippen LogP contribution in [0.5, 0.6) is 0 Å². The zero-order valence-electron chi connectivity index (χ0n) is 13.3. The van der Waals surface area contributed by atoms with Gasteiger partial charge in [0, 0.05) is 18.0 Å². The number of rotatable bonds is 7. The first-order chi connectivity index (χ1) is 11.1. The fourth-order valence-corrected chi connectivity index (χ4v) is 2.75. The van der Waals surface area contributed by atoms with Gasteiger partial charge >= 0.3 is 5.97 Å². The number of carbonyl (C=O) groups is 2. The normalized spacial score (nSPS) is 16.3. The van der Waals surface area contributed by atoms with Crippen molar-refractivity contribution in [2.24, 2.45) is 5.92 Å². The first-order valence-electron chi connectivity index (χ1n) is 7.93. The fourth-order valence-electron chi connectivity index (χ4n) is 2.62. The van der Waals surface area contributed by atoms with Crippen LogP contribution >= 0.6 is 11.6 Å². The van der Waals surface area contributed by atoms with E-state index in [2.05, 4.69) is 12.2 Å². The van der Waals surface area contributed by atoms with Gasteiger partial charge in [-0.05, 0) is 43.4 Å². The standard InChI is InChI=1S/C18H22ClNO3/c1-2-23-18(22)13-20(12-15-7-9-16(19)10-8-15)17(21)11-14-5-3-4-6-14/h3,5,7-10,14H,2,4,6,11-13H2,1H3. The molecule has 1 amide bonds. The monoisotopic (exact) mass is 335 g/mol. The molecular weight excluding hydrogens is 314 g/mol. The van der Waals surface area contributed by atoms with Crippen molar-refractivity contribution >= 4 is 23.5 Å². The zero-order valence-corrected chi connectivity index (χ0v) is 14.1. The third-order valence-corrected chi connectivity index (χ3v) is 4.07. The molecule has 0 spiro atoms. The molecule has 4 nitrogen and oxygen atoms in total. The lowest BCUT2D eigenvalue weighted by Gasteiger charge is -2.23. The molecule has 1 aromatic carbocycles. The predicted molar refractivity (Wildman–Crippen MR) is 90.0 cm³/mol. The topological polar surface area (TPSA) is 46.6 Å². The molecule has 0 bridgehead atoms. The first kappa shape index (κ1) is 17.5. The summed E-state index contributed by atoms with van der Waals surface area (Å²) in [5, 5.41) is 0.646. The van der Waals surface area contributed by atoms with E-state index >= 15 is 0 Å². The Balaban J connectivity index is 2.03. The number of allylic oxidation sites excluding steroid dienone is 2. The van der Waals surface area contributed by atoms with Gasteiger partial charge in [-0.1, -0.05) is 35.9 Å². The Morgan fingerprint density at radius 3 is 2.65 bits per heavy atom. The van der Waals surface area contributed by atoms with Crippen LogP contribution in [0.25, 0.3) is 0 Å². The van der Waals surface area contributed by atoms with Crippen molar-refractivity contribution < 1.29 is 14.3 Å². The van der Waals surface area contributed by atoms with Crippen LogP contribution in [-0.2, 0) is 20.9 Å². The third kappa shape index (κ3) is 5.71. The summed E-state index contributed by atoms with van der Waals surface area (Å²) >= 11 is 5.89. The van der Waals surface area contributed by atoms with Gasteiger partial charge in [0.2, 0.25) is 5.91 Å². The summed E-state index contributed by atoms with van der Waals surface area (Å²) in [6, 6.07) is 7.29. The molecule has 0 aromatic heterocycles. The minimum Gasteiger partial charge on any atom is -0.465 e. The third-order valence-electron chi connectivity index (χ3n) is 3.81. The summed E-state index contributed by atoms with van der Waals surface area (Å²) < 4.78 is 4.98. The quantitative estimate of drug-likeness (QED) is 0.565. The van der Waals surface area contributed by atoms with Gasteiger partial charge in [-0.2, -0.15) is 0 Å². The molecule has 0 fully saturated rings. The minimum atomic E-state index is -0.378. The summed E-state index contributed by atoms with van der Waals surface area (Å²) in [6.07, 6.45) is 6.64. The molecule has 1 aliphatic rings. The SMILES string of the molecule is CCOC(=O)CN(Cc1ccc(Cl)cc1)C(=O)CC1C=CCC1. The van der Waals surface area contributed by atoms with E-state index in [0.717, 1.165) is 18.4 Å². The minimum absolute atomic E-state index is 0.0221. The molecule has 0 saturated carbocycles. The molecular formula is C18H22ClNO3. The first-order valence-corrected chi connectivity index (χ1v) is 8.30. The van der Waals surface area contributed by atoms with E-state index in [9.17, 15) is 9.59 Å². The highest BCUT2D eigenvalue weighted by Crippen LogP contribution is 2.22. The summed E-state index contributed by atoms with van der Waals surface area (Å²) in [4.78, 5) is 25.9. The zero-order chi connectivity index (χ0) is 16.7. The van der Waals surface area contributed by atoms with Crippen molar-refractivity contribution in [1.29, 1.82) is 0 Å². The highest BCUT2D eigenvalue weighted by atomic mass is 35.5. The molecule has 0 heterocycles. The highest BCUT2D eigenvalue weighted by Gasteiger charge is 2.22. The van der Waals surface area contributed by atoms with E-state index < -0.39 is 0 Å². The van der Waals surface area contributed by atoms with Crippen molar-refractivity contribution in [3.8, 4) is 0 Å². The lowest BCUT2D eigenvalue weighted by Crippen LogP contribution is -2.36. The van der Waals surface area contributed by atoms with Gasteiger partial charge in [-0.15, -0.1) is 0 Å². The maximum absolute atomic E-state index is 12.6. The molecule has 0 aliphatic heterocycles. The number of amides is 1. The molecule has 0 radical (unpaired) electrons. The molecule has 1 atom stereocenters. The van der Waals surface area contributed by atoms with Crippen molar-refractivity contribution in [3.05, 3.63) is 47.0 Å². The van der Waals surface area contributed by atoms with Crippen molar-refractivity contribution in [2.45, 2.75) is 32.7 Å². The van der Waals surface area contributed by atoms with E-state index in [4.69, 9.17) is 16.3 Å². The van der Waals surface area contributed by atoms with E-state index in [0.29, 0.717) is 24.6 Å². The van der Waals surface area contributed by atoms with E-state index in [-0.39, 0.29) is 24.3 Å². The fraction of sp³-hybridized carbons (Fsp3) is 0.444. The highest BCUT2D eigenvalue weighted by molar-refractivity contribution is 6.30. The molecule has 23 heavy (non-hydrogen) atoms. The molecule has 1 aromatic rings. The van der Waals surface area contributed by atoms with Crippen LogP contribution < -0.4 is 0 Å². The van der Waals surface area contributed by atoms with Crippen molar-refractivity contribution in [1.82, 2.24) is 4.90 Å². The lowest BCUT2D eigenvalue weighted by atomic mass is 10.0. The maximum Gasteiger partial charge on any atom is 0.325 e. The molecule has 0 saturated heterocycles. The van der Waals surface area contributed by atoms with Crippen LogP contribution in [0.4, 0.5) is 0 Å². The second-order valence-electron chi connectivity index (χ2n) is 5.65. The number of esters is 1. The number of hydrogen-bond donors (Lipinski definition) is 0. The lowest BCUT2D eigenvalue weighted by molar-refractivity contribution is -0.149. The van der Waals surface area contributed by atoms with Gasteiger partial charge in [0.15, 0.2) is 0 Å². The van der Waals surface area contributed by atoms with Crippen LogP contribution in [0, 0.1) is 5.92 Å². The van der Waals surface area contributed by atoms with Gasteiger partial charge in [0.25, 0.3) is 0 Å². The number of halogens is 1. The molecule has 0 N–H and O–H groups in total. The summed E-state index contributed by atoms with van der Waals surface area (Å²) in [5.74, 6) is -0.126. The van der Waals surface area contributed by atoms with Crippen molar-refractivity contribution in [3.63, 3.8) is 0 Å². The average Bonchev–Trinajstić information content (AvgIpc) is 3.02. The van der Waals surface area contributed by atoms with Gasteiger partial charge in [-0.25, -0.2) is 0 Å². The Hall–Kier alpha value is -1.81. The van der Waals surface area contributed by atoms with Gasteiger partial charge in [-0.3, -0.25) is 9.59 Å². The molecule has 1 aliphatic carbocycles. The van der Waals surface area contributed by atoms with Crippen LogP contribution in [0.1, 0.15) is 31.7 Å². The number of carbonyl (C=O) groups excluding carboxylic acids is 2. The number of benzene rings is 1. The number of nitrogens with zero attached hydrogens (tertiary/aromatic N) is 1. The Morgan fingerprint density at radius 1 is 1.30 bits per heavy atom. The summed E-state index contributed by atoms with van der Waals surface area (Å²) in [5.41, 5.74) is 0.939. The Labute approximate surface area is 142 Å². The largest absolute Gasteiger partial charge is 0.465 e. The summed E-state index contributed by atoms with van der Waals surface area (Å²) in [6.45, 7) is 2.43. The van der Waals surface area contributed by atoms with Crippen molar-refractivity contribution in [2.75, 3.05) is 13.2 Å². The van der Waals surface area contributed by atoms with Gasteiger partial charge in [0.1, 0.15) is 6.54 Å². The van der Waals surface area contributed by atoms with Crippen LogP contribution in [-0.4, -0.2) is 29.9 Å². The second-order valence-corrected chi connectivity index (χ2v) is 6.09. The molecule has 1 unspecified atom stereocenters. The van der Waals surface area contributed by atoms with Gasteiger partial charge < -0.3 is 9.64 Å². The van der Waals surface area contributed by atoms with Crippen LogP contribution in [0.3, 0.4) is 0 Å². The second kappa shape index (κ2) is 8.73. The maximum atomic E-state index is 12.6. The molecule has 124 valence electrons. The van der Waals surface area contributed by atoms with Crippen LogP contribution in [0.2, 0.25) is 5.02 Å². The Morgan fingerprint density at radius 2 is 2.04 bits per heavy atom. The smallest absolute Gasteiger partial charge is 0.325 e. The van der Waals surface area contributed by atoms with E-state index in [1.807, 2.05) is 12.1 Å². The number of ether oxygens (including phenoxy) is 1. The van der Waals surface area contributed by atoms with E-state index in [1.165, 1.54) is 0 Å². The Kier molecular flexibility index (Phi) is 6.66. The van der Waals surface area contributed by atoms with Crippen LogP contribution in [0.15, 0.2) is 36.4 Å².